The third-order valence-electron chi connectivity index (χ3n) is 3.16. The molecule has 0 aliphatic carbocycles. The van der Waals surface area contributed by atoms with E-state index in [4.69, 9.17) is 4.74 Å². The number of aromatic nitrogens is 2. The second kappa shape index (κ2) is 6.52. The molecule has 1 aromatic heterocycles. The molecule has 0 amide bonds. The van der Waals surface area contributed by atoms with Crippen LogP contribution in [-0.2, 0) is 4.74 Å². The number of nitrogens with zero attached hydrogens (tertiary/aromatic N) is 1. The van der Waals surface area contributed by atoms with Crippen molar-refractivity contribution in [2.45, 2.75) is 43.2 Å². The van der Waals surface area contributed by atoms with E-state index in [0.717, 1.165) is 5.75 Å². The van der Waals surface area contributed by atoms with Gasteiger partial charge in [-0.2, -0.15) is 0 Å². The predicted octanol–water partition coefficient (Wildman–Crippen LogP) is 0.478. The van der Waals surface area contributed by atoms with E-state index in [1.54, 1.807) is 6.92 Å². The van der Waals surface area contributed by atoms with Crippen LogP contribution in [0.1, 0.15) is 18.2 Å². The summed E-state index contributed by atoms with van der Waals surface area (Å²) in [6.07, 6.45) is 0.540. The Morgan fingerprint density at radius 2 is 2.25 bits per heavy atom. The van der Waals surface area contributed by atoms with Gasteiger partial charge in [-0.3, -0.25) is 0 Å². The van der Waals surface area contributed by atoms with Gasteiger partial charge in [0.15, 0.2) is 0 Å². The number of aliphatic hydroxyl groups is 1. The van der Waals surface area contributed by atoms with E-state index < -0.39 is 31.5 Å². The SMILES string of the molecule is Cc1cn(C2CC(O)C(CS[As](C)C)O2)c(=O)[nH]c1=O. The van der Waals surface area contributed by atoms with Gasteiger partial charge in [0.2, 0.25) is 0 Å². The molecule has 6 nitrogen and oxygen atoms in total. The van der Waals surface area contributed by atoms with Gasteiger partial charge in [0, 0.05) is 0 Å². The summed E-state index contributed by atoms with van der Waals surface area (Å²) in [7, 11) is 1.85. The van der Waals surface area contributed by atoms with Crippen LogP contribution >= 0.6 is 10.0 Å². The van der Waals surface area contributed by atoms with Gasteiger partial charge in [0.25, 0.3) is 0 Å². The normalized spacial score (nSPS) is 26.4. The number of aryl methyl sites for hydroxylation is 1. The first kappa shape index (κ1) is 15.9. The van der Waals surface area contributed by atoms with Crippen LogP contribution in [0.2, 0.25) is 11.4 Å². The molecule has 0 aromatic carbocycles. The van der Waals surface area contributed by atoms with Crippen LogP contribution in [0.15, 0.2) is 15.8 Å². The van der Waals surface area contributed by atoms with Gasteiger partial charge in [0.05, 0.1) is 0 Å². The third-order valence-corrected chi connectivity index (χ3v) is 8.34. The van der Waals surface area contributed by atoms with Crippen molar-refractivity contribution in [2.75, 3.05) is 5.75 Å². The summed E-state index contributed by atoms with van der Waals surface area (Å²) in [5, 5.41) is 10.0. The predicted molar refractivity (Wildman–Crippen MR) is 80.5 cm³/mol. The van der Waals surface area contributed by atoms with E-state index >= 15 is 0 Å². The maximum atomic E-state index is 11.8. The van der Waals surface area contributed by atoms with E-state index in [9.17, 15) is 14.7 Å². The maximum absolute atomic E-state index is 11.8. The molecule has 1 aliphatic heterocycles. The molecule has 0 radical (unpaired) electrons. The number of nitrogens with one attached hydrogen (secondary N) is 1. The van der Waals surface area contributed by atoms with E-state index in [2.05, 4.69) is 16.4 Å². The van der Waals surface area contributed by atoms with Crippen molar-refractivity contribution in [3.63, 3.8) is 0 Å². The van der Waals surface area contributed by atoms with Gasteiger partial charge in [0.1, 0.15) is 0 Å². The Morgan fingerprint density at radius 1 is 1.55 bits per heavy atom. The number of H-pyrrole nitrogens is 1. The summed E-state index contributed by atoms with van der Waals surface area (Å²) in [6, 6.07) is 0. The van der Waals surface area contributed by atoms with Crippen LogP contribution in [0.25, 0.3) is 0 Å². The second-order valence-electron chi connectivity index (χ2n) is 5.02. The van der Waals surface area contributed by atoms with Crippen LogP contribution in [0, 0.1) is 6.92 Å². The number of ether oxygens (including phenoxy) is 1. The number of aromatic amines is 1. The summed E-state index contributed by atoms with van der Waals surface area (Å²) in [4.78, 5) is 25.4. The average Bonchev–Trinajstić information content (AvgIpc) is 2.72. The fourth-order valence-corrected chi connectivity index (χ4v) is 5.61. The molecule has 112 valence electrons. The summed E-state index contributed by atoms with van der Waals surface area (Å²) in [5.41, 5.74) is 4.03. The zero-order valence-electron chi connectivity index (χ0n) is 11.7. The van der Waals surface area contributed by atoms with Crippen LogP contribution in [-0.4, -0.2) is 46.1 Å². The average molecular weight is 362 g/mol. The Kier molecular flexibility index (Phi) is 5.18. The topological polar surface area (TPSA) is 84.3 Å². The third kappa shape index (κ3) is 3.58. The number of hydrogen-bond donors (Lipinski definition) is 2. The quantitative estimate of drug-likeness (QED) is 0.761. The molecule has 3 atom stereocenters. The molecular weight excluding hydrogens is 343 g/mol. The summed E-state index contributed by atoms with van der Waals surface area (Å²) >= 11 is -0.825. The summed E-state index contributed by atoms with van der Waals surface area (Å²) < 4.78 is 7.14. The number of hydrogen-bond acceptors (Lipinski definition) is 5. The fourth-order valence-electron chi connectivity index (χ4n) is 2.06. The first-order valence-corrected chi connectivity index (χ1v) is 13.3. The molecule has 1 aromatic rings. The first-order valence-electron chi connectivity index (χ1n) is 6.34. The fraction of sp³-hybridized carbons (Fsp3) is 0.667. The van der Waals surface area contributed by atoms with Gasteiger partial charge in [-0.1, -0.05) is 0 Å². The van der Waals surface area contributed by atoms with Crippen molar-refractivity contribution < 1.29 is 9.84 Å². The molecule has 8 heteroatoms. The summed E-state index contributed by atoms with van der Waals surface area (Å²) in [6.45, 7) is 1.64. The zero-order chi connectivity index (χ0) is 14.9. The minimum absolute atomic E-state index is 0.249. The van der Waals surface area contributed by atoms with Gasteiger partial charge >= 0.3 is 124 Å². The molecule has 1 aliphatic rings. The van der Waals surface area contributed by atoms with Crippen molar-refractivity contribution in [1.82, 2.24) is 9.55 Å². The van der Waals surface area contributed by atoms with Crippen molar-refractivity contribution >= 4 is 23.5 Å². The minimum atomic E-state index is -0.825. The molecule has 0 spiro atoms. The Morgan fingerprint density at radius 3 is 2.90 bits per heavy atom. The van der Waals surface area contributed by atoms with Crippen LogP contribution in [0.4, 0.5) is 0 Å². The van der Waals surface area contributed by atoms with E-state index in [1.165, 1.54) is 10.8 Å². The zero-order valence-corrected chi connectivity index (χ0v) is 14.4. The van der Waals surface area contributed by atoms with E-state index in [1.807, 2.05) is 10.0 Å². The monoisotopic (exact) mass is 362 g/mol. The van der Waals surface area contributed by atoms with E-state index in [0.29, 0.717) is 12.0 Å². The first-order chi connectivity index (χ1) is 9.38. The Balaban J connectivity index is 2.14. The molecule has 2 N–H and O–H groups in total. The van der Waals surface area contributed by atoms with Crippen molar-refractivity contribution in [3.05, 3.63) is 32.6 Å². The van der Waals surface area contributed by atoms with Gasteiger partial charge < -0.3 is 0 Å². The van der Waals surface area contributed by atoms with Gasteiger partial charge in [-0.05, 0) is 0 Å². The molecule has 2 heterocycles. The van der Waals surface area contributed by atoms with E-state index in [-0.39, 0.29) is 11.7 Å². The number of aliphatic hydroxyl groups excluding tert-OH is 1. The number of rotatable bonds is 4. The second-order valence-corrected chi connectivity index (χ2v) is 14.4. The molecular formula is C12H19AsN2O4S. The molecule has 1 saturated heterocycles. The molecule has 0 bridgehead atoms. The molecule has 0 saturated carbocycles. The van der Waals surface area contributed by atoms with Crippen molar-refractivity contribution in [1.29, 1.82) is 0 Å². The standard InChI is InChI=1S/C12H19AsN2O4S/c1-7-5-15(12(18)14-11(7)17)10-4-8(16)9(19-10)6-20-13(2)3/h5,8-10,16H,4,6H2,1-3H3,(H,14,17,18). The molecule has 1 fully saturated rings. The Labute approximate surface area is 124 Å². The van der Waals surface area contributed by atoms with Crippen molar-refractivity contribution in [3.8, 4) is 0 Å². The van der Waals surface area contributed by atoms with Crippen LogP contribution in [0.5, 0.6) is 0 Å². The molecule has 3 unspecified atom stereocenters. The summed E-state index contributed by atoms with van der Waals surface area (Å²) in [5.74, 6) is 0.752. The van der Waals surface area contributed by atoms with Gasteiger partial charge in [-0.15, -0.1) is 0 Å². The van der Waals surface area contributed by atoms with Crippen LogP contribution in [0.3, 0.4) is 0 Å². The molecule has 2 rings (SSSR count). The van der Waals surface area contributed by atoms with Crippen molar-refractivity contribution in [2.24, 2.45) is 0 Å². The Bertz CT molecular complexity index is 586. The molecule has 20 heavy (non-hydrogen) atoms. The van der Waals surface area contributed by atoms with Gasteiger partial charge in [-0.25, -0.2) is 0 Å². The van der Waals surface area contributed by atoms with Crippen LogP contribution < -0.4 is 11.2 Å². The Hall–Kier alpha value is -0.492.